The number of hydrogen-bond acceptors (Lipinski definition) is 4. The second kappa shape index (κ2) is 9.89. The molecular weight excluding hydrogens is 445 g/mol. The van der Waals surface area contributed by atoms with Crippen LogP contribution in [0.25, 0.3) is 0 Å². The number of nitrogens with zero attached hydrogens (tertiary/aromatic N) is 4. The van der Waals surface area contributed by atoms with E-state index in [1.807, 2.05) is 18.8 Å². The maximum absolute atomic E-state index is 5.93. The highest BCUT2D eigenvalue weighted by molar-refractivity contribution is 14.0. The maximum Gasteiger partial charge on any atom is 0.193 e. The van der Waals surface area contributed by atoms with Gasteiger partial charge in [0, 0.05) is 46.0 Å². The van der Waals surface area contributed by atoms with E-state index in [0.29, 0.717) is 0 Å². The van der Waals surface area contributed by atoms with Crippen LogP contribution in [0.5, 0.6) is 0 Å². The number of morpholine rings is 1. The standard InChI is InChI=1S/C18H31N5O2.HI/c1-13-15(14(2)22(4)21-13)7-8-20-18(19-3)23-9-11-25-17(12-23)16-6-5-10-24-16;/h16-17H,5-12H2,1-4H3,(H,19,20);1H. The number of ether oxygens (including phenoxy) is 2. The lowest BCUT2D eigenvalue weighted by atomic mass is 10.1. The van der Waals surface area contributed by atoms with Gasteiger partial charge in [-0.05, 0) is 38.7 Å². The molecule has 26 heavy (non-hydrogen) atoms. The van der Waals surface area contributed by atoms with Gasteiger partial charge in [0.05, 0.1) is 18.4 Å². The molecule has 1 aromatic rings. The molecule has 2 fully saturated rings. The Hall–Kier alpha value is -0.870. The molecule has 0 aromatic carbocycles. The van der Waals surface area contributed by atoms with E-state index in [4.69, 9.17) is 9.47 Å². The largest absolute Gasteiger partial charge is 0.375 e. The Morgan fingerprint density at radius 2 is 2.04 bits per heavy atom. The van der Waals surface area contributed by atoms with Crippen molar-refractivity contribution in [2.24, 2.45) is 12.0 Å². The second-order valence-electron chi connectivity index (χ2n) is 6.90. The van der Waals surface area contributed by atoms with Gasteiger partial charge >= 0.3 is 0 Å². The average Bonchev–Trinajstić information content (AvgIpc) is 3.23. The Balaban J connectivity index is 0.00000243. The molecule has 1 N–H and O–H groups in total. The summed E-state index contributed by atoms with van der Waals surface area (Å²) >= 11 is 0. The molecule has 2 unspecified atom stereocenters. The van der Waals surface area contributed by atoms with Crippen molar-refractivity contribution in [3.8, 4) is 0 Å². The van der Waals surface area contributed by atoms with Crippen molar-refractivity contribution >= 4 is 29.9 Å². The highest BCUT2D eigenvalue weighted by Crippen LogP contribution is 2.21. The van der Waals surface area contributed by atoms with Gasteiger partial charge < -0.3 is 19.7 Å². The number of aryl methyl sites for hydroxylation is 2. The van der Waals surface area contributed by atoms with Gasteiger partial charge in [0.15, 0.2) is 5.96 Å². The third-order valence-corrected chi connectivity index (χ3v) is 5.30. The first-order valence-electron chi connectivity index (χ1n) is 9.28. The molecule has 1 aromatic heterocycles. The summed E-state index contributed by atoms with van der Waals surface area (Å²) in [7, 11) is 3.84. The molecule has 148 valence electrons. The van der Waals surface area contributed by atoms with E-state index >= 15 is 0 Å². The fraction of sp³-hybridized carbons (Fsp3) is 0.778. The van der Waals surface area contributed by atoms with Crippen LogP contribution in [0.15, 0.2) is 4.99 Å². The molecule has 0 aliphatic carbocycles. The van der Waals surface area contributed by atoms with Crippen molar-refractivity contribution in [2.45, 2.75) is 45.3 Å². The van der Waals surface area contributed by atoms with Crippen molar-refractivity contribution in [1.82, 2.24) is 20.0 Å². The van der Waals surface area contributed by atoms with Gasteiger partial charge in [-0.15, -0.1) is 24.0 Å². The Bertz CT molecular complexity index is 613. The zero-order valence-corrected chi connectivity index (χ0v) is 18.7. The predicted molar refractivity (Wildman–Crippen MR) is 113 cm³/mol. The molecule has 0 bridgehead atoms. The van der Waals surface area contributed by atoms with Gasteiger partial charge in [-0.3, -0.25) is 9.67 Å². The smallest absolute Gasteiger partial charge is 0.193 e. The monoisotopic (exact) mass is 477 g/mol. The average molecular weight is 477 g/mol. The molecular formula is C18H32IN5O2. The number of hydrogen-bond donors (Lipinski definition) is 1. The van der Waals surface area contributed by atoms with E-state index in [0.717, 1.165) is 63.8 Å². The van der Waals surface area contributed by atoms with Gasteiger partial charge in [0.2, 0.25) is 0 Å². The molecule has 0 spiro atoms. The first-order chi connectivity index (χ1) is 12.1. The zero-order valence-electron chi connectivity index (χ0n) is 16.3. The van der Waals surface area contributed by atoms with E-state index in [-0.39, 0.29) is 36.2 Å². The molecule has 2 atom stereocenters. The third-order valence-electron chi connectivity index (χ3n) is 5.30. The molecule has 8 heteroatoms. The van der Waals surface area contributed by atoms with E-state index in [1.165, 1.54) is 11.3 Å². The maximum atomic E-state index is 5.93. The van der Waals surface area contributed by atoms with Crippen LogP contribution in [-0.4, -0.2) is 72.7 Å². The first kappa shape index (κ1) is 21.4. The van der Waals surface area contributed by atoms with Crippen molar-refractivity contribution in [1.29, 1.82) is 0 Å². The molecule has 2 aliphatic rings. The molecule has 7 nitrogen and oxygen atoms in total. The van der Waals surface area contributed by atoms with Crippen molar-refractivity contribution < 1.29 is 9.47 Å². The molecule has 2 saturated heterocycles. The predicted octanol–water partition coefficient (Wildman–Crippen LogP) is 1.65. The highest BCUT2D eigenvalue weighted by atomic mass is 127. The molecule has 2 aliphatic heterocycles. The van der Waals surface area contributed by atoms with Crippen LogP contribution in [0, 0.1) is 13.8 Å². The minimum Gasteiger partial charge on any atom is -0.375 e. The number of nitrogens with one attached hydrogen (secondary N) is 1. The second-order valence-corrected chi connectivity index (χ2v) is 6.90. The molecule has 0 radical (unpaired) electrons. The van der Waals surface area contributed by atoms with Crippen LogP contribution in [0.4, 0.5) is 0 Å². The molecule has 0 amide bonds. The summed E-state index contributed by atoms with van der Waals surface area (Å²) in [5.74, 6) is 0.950. The van der Waals surface area contributed by atoms with Crippen LogP contribution in [-0.2, 0) is 22.9 Å². The lowest BCUT2D eigenvalue weighted by molar-refractivity contribution is -0.0816. The van der Waals surface area contributed by atoms with E-state index in [1.54, 1.807) is 0 Å². The summed E-state index contributed by atoms with van der Waals surface area (Å²) in [5.41, 5.74) is 3.67. The van der Waals surface area contributed by atoms with Crippen LogP contribution >= 0.6 is 24.0 Å². The van der Waals surface area contributed by atoms with Gasteiger partial charge in [0.1, 0.15) is 6.10 Å². The Kier molecular flexibility index (Phi) is 8.15. The molecule has 3 heterocycles. The molecule has 3 rings (SSSR count). The summed E-state index contributed by atoms with van der Waals surface area (Å²) in [4.78, 5) is 6.76. The Morgan fingerprint density at radius 1 is 1.27 bits per heavy atom. The van der Waals surface area contributed by atoms with Crippen LogP contribution in [0.2, 0.25) is 0 Å². The minimum absolute atomic E-state index is 0. The summed E-state index contributed by atoms with van der Waals surface area (Å²) in [5, 5.41) is 8.00. The van der Waals surface area contributed by atoms with E-state index in [9.17, 15) is 0 Å². The van der Waals surface area contributed by atoms with E-state index in [2.05, 4.69) is 34.2 Å². The SMILES string of the molecule is CN=C(NCCc1c(C)nn(C)c1C)N1CCOC(C2CCCO2)C1.I. The van der Waals surface area contributed by atoms with Gasteiger partial charge in [-0.25, -0.2) is 0 Å². The van der Waals surface area contributed by atoms with Gasteiger partial charge in [-0.2, -0.15) is 5.10 Å². The number of guanidine groups is 1. The van der Waals surface area contributed by atoms with Crippen molar-refractivity contribution in [3.05, 3.63) is 17.0 Å². The highest BCUT2D eigenvalue weighted by Gasteiger charge is 2.32. The van der Waals surface area contributed by atoms with Crippen molar-refractivity contribution in [3.63, 3.8) is 0 Å². The molecule has 0 saturated carbocycles. The summed E-state index contributed by atoms with van der Waals surface area (Å²) in [6.07, 6.45) is 3.58. The Labute approximate surface area is 173 Å². The first-order valence-corrected chi connectivity index (χ1v) is 9.28. The van der Waals surface area contributed by atoms with E-state index < -0.39 is 0 Å². The fourth-order valence-corrected chi connectivity index (χ4v) is 3.80. The van der Waals surface area contributed by atoms with Gasteiger partial charge in [-0.1, -0.05) is 0 Å². The van der Waals surface area contributed by atoms with Gasteiger partial charge in [0.25, 0.3) is 0 Å². The topological polar surface area (TPSA) is 63.9 Å². The number of aliphatic imine (C=N–C) groups is 1. The number of halogens is 1. The normalized spacial score (nSPS) is 23.8. The summed E-state index contributed by atoms with van der Waals surface area (Å²) in [6, 6.07) is 0. The van der Waals surface area contributed by atoms with Crippen molar-refractivity contribution in [2.75, 3.05) is 39.9 Å². The van der Waals surface area contributed by atoms with Crippen LogP contribution in [0.1, 0.15) is 29.8 Å². The number of aromatic nitrogens is 2. The van der Waals surface area contributed by atoms with Crippen LogP contribution < -0.4 is 5.32 Å². The fourth-order valence-electron chi connectivity index (χ4n) is 3.80. The van der Waals surface area contributed by atoms with Crippen LogP contribution in [0.3, 0.4) is 0 Å². The summed E-state index contributed by atoms with van der Waals surface area (Å²) in [6.45, 7) is 8.35. The third kappa shape index (κ3) is 4.89. The summed E-state index contributed by atoms with van der Waals surface area (Å²) < 4.78 is 13.7. The Morgan fingerprint density at radius 3 is 2.65 bits per heavy atom. The lowest BCUT2D eigenvalue weighted by Gasteiger charge is -2.37. The minimum atomic E-state index is 0. The lowest BCUT2D eigenvalue weighted by Crippen LogP contribution is -2.53. The quantitative estimate of drug-likeness (QED) is 0.406. The zero-order chi connectivity index (χ0) is 17.8. The number of rotatable bonds is 4.